The number of rotatable bonds is 3. The van der Waals surface area contributed by atoms with Gasteiger partial charge in [0.1, 0.15) is 5.75 Å². The lowest BCUT2D eigenvalue weighted by atomic mass is 10.1. The van der Waals surface area contributed by atoms with Gasteiger partial charge in [-0.15, -0.1) is 0 Å². The molecule has 3 rings (SSSR count). The molecule has 22 heavy (non-hydrogen) atoms. The Kier molecular flexibility index (Phi) is 3.48. The minimum Gasteiger partial charge on any atom is -0.493 e. The maximum Gasteiger partial charge on any atom is 0.416 e. The fraction of sp³-hybridized carbons (Fsp3) is 0.200. The number of H-pyrrole nitrogens is 1. The van der Waals surface area contributed by atoms with Crippen molar-refractivity contribution < 1.29 is 17.9 Å². The predicted molar refractivity (Wildman–Crippen MR) is 75.5 cm³/mol. The molecule has 0 spiro atoms. The zero-order valence-corrected chi connectivity index (χ0v) is 11.6. The third-order valence-corrected chi connectivity index (χ3v) is 3.19. The summed E-state index contributed by atoms with van der Waals surface area (Å²) in [5.41, 5.74) is 1.28. The number of ether oxygens (including phenoxy) is 1. The Morgan fingerprint density at radius 3 is 2.73 bits per heavy atom. The molecule has 0 atom stereocenters. The number of nitrogens with one attached hydrogen (secondary N) is 1. The van der Waals surface area contributed by atoms with Crippen LogP contribution in [0.3, 0.4) is 0 Å². The topological polar surface area (TPSA) is 50.8 Å². The van der Waals surface area contributed by atoms with Crippen LogP contribution >= 0.6 is 0 Å². The number of hydrogen-bond donors (Lipinski definition) is 1. The predicted octanol–water partition coefficient (Wildman–Crippen LogP) is 4.04. The van der Waals surface area contributed by atoms with Gasteiger partial charge in [-0.25, -0.2) is 4.98 Å². The fourth-order valence-electron chi connectivity index (χ4n) is 2.17. The summed E-state index contributed by atoms with van der Waals surface area (Å²) in [6, 6.07) is 5.00. The highest BCUT2D eigenvalue weighted by Gasteiger charge is 2.31. The van der Waals surface area contributed by atoms with Crippen molar-refractivity contribution in [2.45, 2.75) is 13.1 Å². The van der Waals surface area contributed by atoms with Gasteiger partial charge in [-0.1, -0.05) is 0 Å². The molecule has 0 saturated heterocycles. The van der Waals surface area contributed by atoms with Crippen molar-refractivity contribution in [2.75, 3.05) is 6.61 Å². The van der Waals surface area contributed by atoms with Crippen LogP contribution in [0.4, 0.5) is 13.2 Å². The van der Waals surface area contributed by atoms with E-state index in [2.05, 4.69) is 15.0 Å². The fourth-order valence-corrected chi connectivity index (χ4v) is 2.17. The molecule has 0 aliphatic heterocycles. The highest BCUT2D eigenvalue weighted by atomic mass is 19.4. The number of fused-ring (bicyclic) bond motifs is 1. The average Bonchev–Trinajstić information content (AvgIpc) is 2.94. The highest BCUT2D eigenvalue weighted by molar-refractivity contribution is 5.80. The first-order chi connectivity index (χ1) is 10.5. The van der Waals surface area contributed by atoms with Crippen molar-refractivity contribution in [3.8, 4) is 17.0 Å². The zero-order valence-electron chi connectivity index (χ0n) is 11.6. The number of benzene rings is 1. The number of imidazole rings is 1. The normalized spacial score (nSPS) is 11.8. The summed E-state index contributed by atoms with van der Waals surface area (Å²) in [6.45, 7) is 2.12. The third kappa shape index (κ3) is 2.61. The van der Waals surface area contributed by atoms with Gasteiger partial charge < -0.3 is 9.72 Å². The van der Waals surface area contributed by atoms with Crippen LogP contribution < -0.4 is 4.74 Å². The molecule has 0 aliphatic carbocycles. The van der Waals surface area contributed by atoms with Gasteiger partial charge in [0.15, 0.2) is 0 Å². The van der Waals surface area contributed by atoms with Crippen LogP contribution in [0.15, 0.2) is 36.8 Å². The Balaban J connectivity index is 2.16. The lowest BCUT2D eigenvalue weighted by Crippen LogP contribution is -2.06. The average molecular weight is 307 g/mol. The van der Waals surface area contributed by atoms with E-state index in [0.717, 1.165) is 12.1 Å². The van der Waals surface area contributed by atoms with Gasteiger partial charge in [-0.05, 0) is 31.2 Å². The molecule has 0 aliphatic rings. The van der Waals surface area contributed by atoms with E-state index in [1.165, 1.54) is 18.6 Å². The van der Waals surface area contributed by atoms with Gasteiger partial charge in [-0.2, -0.15) is 13.2 Å². The Hall–Kier alpha value is -2.57. The number of alkyl halides is 3. The minimum absolute atomic E-state index is 0.293. The van der Waals surface area contributed by atoms with Gasteiger partial charge in [0, 0.05) is 5.56 Å². The molecule has 0 fully saturated rings. The largest absolute Gasteiger partial charge is 0.493 e. The maximum absolute atomic E-state index is 12.9. The SMILES string of the molecule is CCOc1ccc(C(F)(F)F)cc1-c1cc2nc[nH]c2cn1. The van der Waals surface area contributed by atoms with Crippen LogP contribution in [0.5, 0.6) is 5.75 Å². The van der Waals surface area contributed by atoms with E-state index < -0.39 is 11.7 Å². The number of hydrogen-bond acceptors (Lipinski definition) is 3. The number of pyridine rings is 1. The van der Waals surface area contributed by atoms with E-state index in [-0.39, 0.29) is 0 Å². The monoisotopic (exact) mass is 307 g/mol. The molecule has 2 heterocycles. The Labute approximate surface area is 124 Å². The highest BCUT2D eigenvalue weighted by Crippen LogP contribution is 2.37. The molecule has 2 aromatic heterocycles. The van der Waals surface area contributed by atoms with Crippen LogP contribution in [-0.2, 0) is 6.18 Å². The van der Waals surface area contributed by atoms with Crippen LogP contribution in [-0.4, -0.2) is 21.6 Å². The molecule has 1 N–H and O–H groups in total. The Bertz CT molecular complexity index is 811. The van der Waals surface area contributed by atoms with E-state index >= 15 is 0 Å². The zero-order chi connectivity index (χ0) is 15.7. The number of aromatic amines is 1. The van der Waals surface area contributed by atoms with Gasteiger partial charge in [0.25, 0.3) is 0 Å². The van der Waals surface area contributed by atoms with Gasteiger partial charge in [-0.3, -0.25) is 4.98 Å². The summed E-state index contributed by atoms with van der Waals surface area (Å²) in [7, 11) is 0. The van der Waals surface area contributed by atoms with Gasteiger partial charge >= 0.3 is 6.18 Å². The molecule has 7 heteroatoms. The molecule has 3 aromatic rings. The smallest absolute Gasteiger partial charge is 0.416 e. The molecule has 0 saturated carbocycles. The molecule has 0 amide bonds. The second-order valence-corrected chi connectivity index (χ2v) is 4.63. The third-order valence-electron chi connectivity index (χ3n) is 3.19. The summed E-state index contributed by atoms with van der Waals surface area (Å²) in [5, 5.41) is 0. The molecule has 0 radical (unpaired) electrons. The summed E-state index contributed by atoms with van der Waals surface area (Å²) in [6.07, 6.45) is -1.38. The van der Waals surface area contributed by atoms with Crippen molar-refractivity contribution in [1.82, 2.24) is 15.0 Å². The lowest BCUT2D eigenvalue weighted by Gasteiger charge is -2.13. The number of aromatic nitrogens is 3. The van der Waals surface area contributed by atoms with Gasteiger partial charge in [0.05, 0.1) is 41.4 Å². The molecule has 0 unspecified atom stereocenters. The van der Waals surface area contributed by atoms with Crippen LogP contribution in [0.2, 0.25) is 0 Å². The molecule has 4 nitrogen and oxygen atoms in total. The molecule has 0 bridgehead atoms. The van der Waals surface area contributed by atoms with Crippen molar-refractivity contribution in [3.63, 3.8) is 0 Å². The van der Waals surface area contributed by atoms with E-state index in [4.69, 9.17) is 4.74 Å². The molecular weight excluding hydrogens is 295 g/mol. The van der Waals surface area contributed by atoms with E-state index in [1.54, 1.807) is 13.0 Å². The van der Waals surface area contributed by atoms with Crippen molar-refractivity contribution in [2.24, 2.45) is 0 Å². The molecule has 1 aromatic carbocycles. The first-order valence-electron chi connectivity index (χ1n) is 6.62. The van der Waals surface area contributed by atoms with Crippen LogP contribution in [0.1, 0.15) is 12.5 Å². The second-order valence-electron chi connectivity index (χ2n) is 4.63. The van der Waals surface area contributed by atoms with E-state index in [9.17, 15) is 13.2 Å². The lowest BCUT2D eigenvalue weighted by molar-refractivity contribution is -0.137. The first-order valence-corrected chi connectivity index (χ1v) is 6.62. The minimum atomic E-state index is -4.42. The molecular formula is C15H12F3N3O. The standard InChI is InChI=1S/C15H12F3N3O/c1-2-22-14-4-3-9(15(16,17)18)5-10(14)11-6-12-13(7-19-11)21-8-20-12/h3-8H,2H2,1H3,(H,20,21). The van der Waals surface area contributed by atoms with E-state index in [1.807, 2.05) is 0 Å². The van der Waals surface area contributed by atoms with Crippen molar-refractivity contribution >= 4 is 11.0 Å². The van der Waals surface area contributed by atoms with Gasteiger partial charge in [0.2, 0.25) is 0 Å². The van der Waals surface area contributed by atoms with Crippen molar-refractivity contribution in [1.29, 1.82) is 0 Å². The van der Waals surface area contributed by atoms with E-state index in [0.29, 0.717) is 34.6 Å². The van der Waals surface area contributed by atoms with Crippen molar-refractivity contribution in [3.05, 3.63) is 42.4 Å². The molecule has 114 valence electrons. The summed E-state index contributed by atoms with van der Waals surface area (Å²) in [5.74, 6) is 0.359. The maximum atomic E-state index is 12.9. The Morgan fingerprint density at radius 1 is 1.18 bits per heavy atom. The van der Waals surface area contributed by atoms with Crippen LogP contribution in [0.25, 0.3) is 22.3 Å². The number of halogens is 3. The first kappa shape index (κ1) is 14.4. The summed E-state index contributed by atoms with van der Waals surface area (Å²) in [4.78, 5) is 11.2. The number of nitrogens with zero attached hydrogens (tertiary/aromatic N) is 2. The quantitative estimate of drug-likeness (QED) is 0.794. The summed E-state index contributed by atoms with van der Waals surface area (Å²) >= 11 is 0. The summed E-state index contributed by atoms with van der Waals surface area (Å²) < 4.78 is 44.2. The van der Waals surface area contributed by atoms with Crippen LogP contribution in [0, 0.1) is 0 Å². The Morgan fingerprint density at radius 2 is 2.00 bits per heavy atom. The second kappa shape index (κ2) is 5.32.